The Morgan fingerprint density at radius 3 is 2.78 bits per heavy atom. The molecule has 0 saturated heterocycles. The van der Waals surface area contributed by atoms with Crippen LogP contribution in [0.1, 0.15) is 16.6 Å². The molecule has 6 rings (SSSR count). The average Bonchev–Trinajstić information content (AvgIpc) is 3.56. The molecule has 32 heavy (non-hydrogen) atoms. The van der Waals surface area contributed by atoms with Gasteiger partial charge in [0, 0.05) is 40.0 Å². The summed E-state index contributed by atoms with van der Waals surface area (Å²) < 4.78 is 0. The second-order valence-corrected chi connectivity index (χ2v) is 8.40. The number of carbonyl (C=O) groups is 1. The summed E-state index contributed by atoms with van der Waals surface area (Å²) >= 11 is 1.44. The molecule has 0 aromatic carbocycles. The van der Waals surface area contributed by atoms with Crippen LogP contribution in [0.4, 0.5) is 0 Å². The summed E-state index contributed by atoms with van der Waals surface area (Å²) in [4.78, 5) is 34.6. The van der Waals surface area contributed by atoms with E-state index in [1.807, 2.05) is 30.3 Å². The van der Waals surface area contributed by atoms with Gasteiger partial charge >= 0.3 is 0 Å². The molecule has 0 radical (unpaired) electrons. The second kappa shape index (κ2) is 7.17. The van der Waals surface area contributed by atoms with Crippen LogP contribution in [0.2, 0.25) is 0 Å². The van der Waals surface area contributed by atoms with Gasteiger partial charge in [-0.3, -0.25) is 24.8 Å². The predicted octanol–water partition coefficient (Wildman–Crippen LogP) is 4.89. The van der Waals surface area contributed by atoms with Gasteiger partial charge in [-0.2, -0.15) is 5.10 Å². The van der Waals surface area contributed by atoms with Crippen LogP contribution in [-0.2, 0) is 0 Å². The van der Waals surface area contributed by atoms with Crippen molar-refractivity contribution in [2.45, 2.75) is 6.92 Å². The highest BCUT2D eigenvalue weighted by molar-refractivity contribution is 7.17. The maximum atomic E-state index is 11.7. The molecule has 0 fully saturated rings. The first kappa shape index (κ1) is 18.5. The minimum absolute atomic E-state index is 0.0464. The summed E-state index contributed by atoms with van der Waals surface area (Å²) in [7, 11) is 0. The van der Waals surface area contributed by atoms with Crippen molar-refractivity contribution in [3.05, 3.63) is 66.2 Å². The van der Waals surface area contributed by atoms with Crippen LogP contribution in [0.15, 0.2) is 61.3 Å². The Bertz CT molecular complexity index is 1610. The maximum absolute atomic E-state index is 11.7. The number of aromatic amines is 2. The lowest BCUT2D eigenvalue weighted by atomic mass is 10.1. The van der Waals surface area contributed by atoms with Crippen molar-refractivity contribution in [2.24, 2.45) is 0 Å². The molecule has 0 amide bonds. The number of hydrogen-bond donors (Lipinski definition) is 2. The quantitative estimate of drug-likeness (QED) is 0.380. The van der Waals surface area contributed by atoms with E-state index in [9.17, 15) is 4.79 Å². The zero-order valence-electron chi connectivity index (χ0n) is 16.8. The average molecular weight is 437 g/mol. The van der Waals surface area contributed by atoms with Crippen molar-refractivity contribution in [1.82, 2.24) is 35.1 Å². The first-order valence-electron chi connectivity index (χ1n) is 9.87. The minimum atomic E-state index is 0.0464. The Labute approximate surface area is 185 Å². The van der Waals surface area contributed by atoms with Gasteiger partial charge in [-0.25, -0.2) is 4.98 Å². The first-order chi connectivity index (χ1) is 15.7. The van der Waals surface area contributed by atoms with Crippen LogP contribution in [0.5, 0.6) is 0 Å². The van der Waals surface area contributed by atoms with Gasteiger partial charge in [0.15, 0.2) is 11.6 Å². The van der Waals surface area contributed by atoms with E-state index in [0.29, 0.717) is 16.4 Å². The summed E-state index contributed by atoms with van der Waals surface area (Å²) in [5, 5.41) is 8.43. The lowest BCUT2D eigenvalue weighted by Crippen LogP contribution is -1.85. The highest BCUT2D eigenvalue weighted by Gasteiger charge is 2.17. The Kier molecular flexibility index (Phi) is 4.15. The summed E-state index contributed by atoms with van der Waals surface area (Å²) in [6.07, 6.45) is 8.79. The van der Waals surface area contributed by atoms with Gasteiger partial charge < -0.3 is 4.98 Å². The van der Waals surface area contributed by atoms with E-state index < -0.39 is 0 Å². The van der Waals surface area contributed by atoms with E-state index in [4.69, 9.17) is 4.98 Å². The third kappa shape index (κ3) is 2.98. The van der Waals surface area contributed by atoms with Gasteiger partial charge in [-0.05, 0) is 37.3 Å². The Morgan fingerprint density at radius 1 is 1.03 bits per heavy atom. The van der Waals surface area contributed by atoms with Crippen LogP contribution in [0.25, 0.3) is 55.2 Å². The fraction of sp³-hybridized carbons (Fsp3) is 0.0435. The number of fused-ring (bicyclic) bond motifs is 2. The van der Waals surface area contributed by atoms with Crippen molar-refractivity contribution in [2.75, 3.05) is 0 Å². The lowest BCUT2D eigenvalue weighted by Gasteiger charge is -2.00. The van der Waals surface area contributed by atoms with Gasteiger partial charge in [0.1, 0.15) is 11.2 Å². The molecular weight excluding hydrogens is 422 g/mol. The number of carbonyl (C=O) groups excluding carboxylic acids is 1. The van der Waals surface area contributed by atoms with Crippen LogP contribution >= 0.6 is 11.3 Å². The molecular formula is C23H15N7OS. The van der Waals surface area contributed by atoms with E-state index in [2.05, 4.69) is 30.1 Å². The Morgan fingerprint density at radius 2 is 1.97 bits per heavy atom. The van der Waals surface area contributed by atoms with E-state index in [0.717, 1.165) is 43.6 Å². The van der Waals surface area contributed by atoms with Gasteiger partial charge in [-0.1, -0.05) is 0 Å². The summed E-state index contributed by atoms with van der Waals surface area (Å²) in [5.41, 5.74) is 5.71. The molecule has 8 nitrogen and oxygen atoms in total. The van der Waals surface area contributed by atoms with Gasteiger partial charge in [0.2, 0.25) is 0 Å². The normalized spacial score (nSPS) is 11.4. The van der Waals surface area contributed by atoms with Crippen LogP contribution in [0, 0.1) is 0 Å². The van der Waals surface area contributed by atoms with E-state index in [-0.39, 0.29) is 5.78 Å². The van der Waals surface area contributed by atoms with Crippen LogP contribution in [0.3, 0.4) is 0 Å². The molecule has 6 aromatic rings. The predicted molar refractivity (Wildman–Crippen MR) is 123 cm³/mol. The molecule has 6 heterocycles. The molecule has 0 atom stereocenters. The number of pyridine rings is 3. The zero-order valence-corrected chi connectivity index (χ0v) is 17.6. The standard InChI is InChI=1S/C23H15N7OS/c1-12(31)19-4-5-20(32-19)15-9-25-10-18-21(15)28-23(27-18)22-14-7-16(13-3-2-6-24-8-13)26-11-17(14)29-30-22/h2-11H,1H3,(H,27,28)(H,29,30). The number of nitrogens with one attached hydrogen (secondary N) is 2. The Balaban J connectivity index is 1.49. The molecule has 0 spiro atoms. The molecule has 0 unspecified atom stereocenters. The number of imidazole rings is 1. The fourth-order valence-corrected chi connectivity index (χ4v) is 4.58. The van der Waals surface area contributed by atoms with Crippen molar-refractivity contribution in [1.29, 1.82) is 0 Å². The molecule has 9 heteroatoms. The van der Waals surface area contributed by atoms with E-state index >= 15 is 0 Å². The molecule has 0 aliphatic carbocycles. The first-order valence-corrected chi connectivity index (χ1v) is 10.7. The van der Waals surface area contributed by atoms with Gasteiger partial charge in [0.25, 0.3) is 0 Å². The number of rotatable bonds is 4. The third-order valence-electron chi connectivity index (χ3n) is 5.24. The smallest absolute Gasteiger partial charge is 0.169 e. The maximum Gasteiger partial charge on any atom is 0.169 e. The van der Waals surface area contributed by atoms with Crippen molar-refractivity contribution >= 4 is 39.1 Å². The van der Waals surface area contributed by atoms with Gasteiger partial charge in [0.05, 0.1) is 34.0 Å². The minimum Gasteiger partial charge on any atom is -0.335 e. The number of H-pyrrole nitrogens is 2. The molecule has 0 saturated carbocycles. The molecule has 0 aliphatic rings. The SMILES string of the molecule is CC(=O)c1ccc(-c2cncc3[nH]c(-c4n[nH]c5cnc(-c6cccnc6)cc45)nc23)s1. The molecule has 0 aliphatic heterocycles. The topological polar surface area (TPSA) is 113 Å². The van der Waals surface area contributed by atoms with Crippen LogP contribution in [-0.4, -0.2) is 40.9 Å². The second-order valence-electron chi connectivity index (χ2n) is 7.32. The monoisotopic (exact) mass is 437 g/mol. The number of thiophene rings is 1. The molecule has 6 aromatic heterocycles. The summed E-state index contributed by atoms with van der Waals surface area (Å²) in [6.45, 7) is 1.57. The van der Waals surface area contributed by atoms with Crippen molar-refractivity contribution in [3.8, 4) is 33.2 Å². The largest absolute Gasteiger partial charge is 0.335 e. The summed E-state index contributed by atoms with van der Waals surface area (Å²) in [5.74, 6) is 0.678. The zero-order chi connectivity index (χ0) is 21.7. The summed E-state index contributed by atoms with van der Waals surface area (Å²) in [6, 6.07) is 9.60. The number of hydrogen-bond acceptors (Lipinski definition) is 7. The lowest BCUT2D eigenvalue weighted by molar-refractivity contribution is 0.102. The Hall–Kier alpha value is -4.24. The number of nitrogens with zero attached hydrogens (tertiary/aromatic N) is 5. The fourth-order valence-electron chi connectivity index (χ4n) is 3.67. The molecule has 154 valence electrons. The third-order valence-corrected chi connectivity index (χ3v) is 6.46. The van der Waals surface area contributed by atoms with E-state index in [1.165, 1.54) is 11.3 Å². The van der Waals surface area contributed by atoms with Crippen LogP contribution < -0.4 is 0 Å². The van der Waals surface area contributed by atoms with Gasteiger partial charge in [-0.15, -0.1) is 11.3 Å². The van der Waals surface area contributed by atoms with E-state index in [1.54, 1.807) is 37.9 Å². The van der Waals surface area contributed by atoms with Crippen molar-refractivity contribution in [3.63, 3.8) is 0 Å². The highest BCUT2D eigenvalue weighted by Crippen LogP contribution is 2.34. The number of Topliss-reactive ketones (excluding diaryl/α,β-unsaturated/α-hetero) is 1. The molecule has 0 bridgehead atoms. The number of ketones is 1. The number of aromatic nitrogens is 7. The van der Waals surface area contributed by atoms with Crippen molar-refractivity contribution < 1.29 is 4.79 Å². The highest BCUT2D eigenvalue weighted by atomic mass is 32.1. The molecule has 2 N–H and O–H groups in total.